The highest BCUT2D eigenvalue weighted by atomic mass is 16.7. The van der Waals surface area contributed by atoms with Crippen molar-refractivity contribution in [1.82, 2.24) is 0 Å². The topological polar surface area (TPSA) is 110 Å². The molecule has 0 saturated carbocycles. The third kappa shape index (κ3) is 5.83. The zero-order valence-corrected chi connectivity index (χ0v) is 21.3. The molecule has 1 heterocycles. The first-order chi connectivity index (χ1) is 19.4. The fourth-order valence-electron chi connectivity index (χ4n) is 3.94. The minimum absolute atomic E-state index is 0.0127. The fraction of sp³-hybridized carbons (Fsp3) is 0.0968. The van der Waals surface area contributed by atoms with E-state index in [1.807, 2.05) is 0 Å². The molecule has 4 aromatic carbocycles. The minimum Gasteiger partial charge on any atom is -0.497 e. The molecule has 0 bridgehead atoms. The number of benzene rings is 4. The van der Waals surface area contributed by atoms with Gasteiger partial charge in [-0.2, -0.15) is 0 Å². The predicted molar refractivity (Wildman–Crippen MR) is 144 cm³/mol. The fourth-order valence-corrected chi connectivity index (χ4v) is 3.94. The summed E-state index contributed by atoms with van der Waals surface area (Å²) in [5, 5.41) is 0. The molecule has 40 heavy (non-hydrogen) atoms. The summed E-state index contributed by atoms with van der Waals surface area (Å²) in [5.74, 6) is -0.353. The van der Waals surface area contributed by atoms with Gasteiger partial charge in [0.05, 0.1) is 7.11 Å². The first-order valence-corrected chi connectivity index (χ1v) is 12.2. The number of nitrogens with zero attached hydrogens (tertiary/aromatic N) is 1. The Morgan fingerprint density at radius 3 is 1.80 bits per heavy atom. The predicted octanol–water partition coefficient (Wildman–Crippen LogP) is 5.16. The summed E-state index contributed by atoms with van der Waals surface area (Å²) >= 11 is 0. The molecule has 0 aliphatic carbocycles. The van der Waals surface area contributed by atoms with Crippen LogP contribution in [0.2, 0.25) is 0 Å². The van der Waals surface area contributed by atoms with Crippen LogP contribution in [-0.4, -0.2) is 36.6 Å². The van der Waals surface area contributed by atoms with Gasteiger partial charge in [0.25, 0.3) is 5.54 Å². The van der Waals surface area contributed by atoms with E-state index in [0.717, 1.165) is 0 Å². The third-order valence-electron chi connectivity index (χ3n) is 5.98. The molecule has 0 aromatic heterocycles. The van der Waals surface area contributed by atoms with E-state index in [9.17, 15) is 14.4 Å². The van der Waals surface area contributed by atoms with Crippen molar-refractivity contribution < 1.29 is 38.1 Å². The van der Waals surface area contributed by atoms with Crippen LogP contribution in [0.15, 0.2) is 114 Å². The number of hydrogen-bond donors (Lipinski definition) is 0. The lowest BCUT2D eigenvalue weighted by atomic mass is 9.91. The summed E-state index contributed by atoms with van der Waals surface area (Å²) in [6.45, 7) is 0. The summed E-state index contributed by atoms with van der Waals surface area (Å²) in [5.41, 5.74) is -0.964. The molecule has 200 valence electrons. The van der Waals surface area contributed by atoms with Crippen LogP contribution < -0.4 is 18.9 Å². The van der Waals surface area contributed by atoms with Crippen LogP contribution in [-0.2, 0) is 20.7 Å². The Kier molecular flexibility index (Phi) is 7.54. The Labute approximate surface area is 229 Å². The maximum atomic E-state index is 13.5. The molecule has 0 saturated heterocycles. The molecule has 1 atom stereocenters. The van der Waals surface area contributed by atoms with Gasteiger partial charge in [-0.15, -0.1) is 0 Å². The molecule has 0 unspecified atom stereocenters. The number of esters is 2. The van der Waals surface area contributed by atoms with Crippen molar-refractivity contribution in [3.8, 4) is 23.0 Å². The normalized spacial score (nSPS) is 15.9. The average Bonchev–Trinajstić information content (AvgIpc) is 3.32. The van der Waals surface area contributed by atoms with Crippen LogP contribution in [0.1, 0.15) is 11.1 Å². The molecular formula is C31H23NO8. The Bertz CT molecular complexity index is 1530. The molecule has 0 N–H and O–H groups in total. The summed E-state index contributed by atoms with van der Waals surface area (Å²) in [4.78, 5) is 43.3. The van der Waals surface area contributed by atoms with E-state index >= 15 is 0 Å². The van der Waals surface area contributed by atoms with Crippen molar-refractivity contribution in [2.24, 2.45) is 4.99 Å². The van der Waals surface area contributed by atoms with Crippen LogP contribution in [0, 0.1) is 0 Å². The molecule has 9 nitrogen and oxygen atoms in total. The number of hydrogen-bond acceptors (Lipinski definition) is 9. The molecule has 0 amide bonds. The van der Waals surface area contributed by atoms with E-state index in [4.69, 9.17) is 23.7 Å². The minimum atomic E-state index is -2.00. The van der Waals surface area contributed by atoms with Gasteiger partial charge in [0.15, 0.2) is 0 Å². The Balaban J connectivity index is 1.39. The quantitative estimate of drug-likeness (QED) is 0.131. The number of aliphatic imine (C=N–C) groups is 1. The summed E-state index contributed by atoms with van der Waals surface area (Å²) in [6.07, 6.45) is -1.07. The van der Waals surface area contributed by atoms with Crippen LogP contribution in [0.4, 0.5) is 4.79 Å². The molecule has 1 aliphatic rings. The number of carbonyl (C=O) groups is 3. The third-order valence-corrected chi connectivity index (χ3v) is 5.98. The van der Waals surface area contributed by atoms with E-state index in [0.29, 0.717) is 22.6 Å². The van der Waals surface area contributed by atoms with Crippen LogP contribution in [0.25, 0.3) is 0 Å². The molecule has 0 radical (unpaired) electrons. The lowest BCUT2D eigenvalue weighted by Gasteiger charge is -2.20. The largest absolute Gasteiger partial charge is 0.519 e. The van der Waals surface area contributed by atoms with E-state index in [2.05, 4.69) is 4.99 Å². The number of cyclic esters (lactones) is 1. The van der Waals surface area contributed by atoms with Crippen molar-refractivity contribution in [2.75, 3.05) is 7.11 Å². The summed E-state index contributed by atoms with van der Waals surface area (Å²) in [7, 11) is 1.54. The molecule has 4 aromatic rings. The van der Waals surface area contributed by atoms with Gasteiger partial charge in [0, 0.05) is 12.0 Å². The van der Waals surface area contributed by atoms with Crippen LogP contribution in [0.3, 0.4) is 0 Å². The highest BCUT2D eigenvalue weighted by Gasteiger charge is 2.54. The summed E-state index contributed by atoms with van der Waals surface area (Å²) in [6, 6.07) is 29.9. The maximum Gasteiger partial charge on any atom is 0.519 e. The van der Waals surface area contributed by atoms with Crippen molar-refractivity contribution in [3.05, 3.63) is 120 Å². The second-order valence-corrected chi connectivity index (χ2v) is 8.69. The van der Waals surface area contributed by atoms with Gasteiger partial charge in [-0.3, -0.25) is 0 Å². The number of para-hydroxylation sites is 2. The van der Waals surface area contributed by atoms with Gasteiger partial charge in [-0.25, -0.2) is 19.4 Å². The number of methoxy groups -OCH3 is 1. The maximum absolute atomic E-state index is 13.5. The number of rotatable bonds is 8. The average molecular weight is 538 g/mol. The SMILES string of the molecule is COc1ccc(C2=N[C@](Cc3ccc(OC(=O)Oc4ccccc4)cc3)(C(=O)Oc3ccccc3)C(=O)O2)cc1. The smallest absolute Gasteiger partial charge is 0.497 e. The Morgan fingerprint density at radius 1 is 0.700 bits per heavy atom. The highest BCUT2D eigenvalue weighted by Crippen LogP contribution is 2.31. The standard InChI is InChI=1S/C31H23NO8/c1-36-23-18-14-22(15-19-23)27-32-31(29(34)40-27,28(33)37-24-8-4-2-5-9-24)20-21-12-16-26(17-13-21)39-30(35)38-25-10-6-3-7-11-25/h2-19H,20H2,1H3/t31-/m1/s1. The van der Waals surface area contributed by atoms with Crippen molar-refractivity contribution in [3.63, 3.8) is 0 Å². The second kappa shape index (κ2) is 11.5. The van der Waals surface area contributed by atoms with Gasteiger partial charge in [0.1, 0.15) is 23.0 Å². The Hall–Kier alpha value is -5.44. The van der Waals surface area contributed by atoms with Crippen LogP contribution >= 0.6 is 0 Å². The van der Waals surface area contributed by atoms with Crippen molar-refractivity contribution in [1.29, 1.82) is 0 Å². The van der Waals surface area contributed by atoms with Crippen molar-refractivity contribution >= 4 is 24.0 Å². The molecular weight excluding hydrogens is 514 g/mol. The van der Waals surface area contributed by atoms with Gasteiger partial charge in [-0.05, 0) is 66.2 Å². The molecule has 0 spiro atoms. The van der Waals surface area contributed by atoms with E-state index in [1.54, 1.807) is 97.1 Å². The monoisotopic (exact) mass is 537 g/mol. The van der Waals surface area contributed by atoms with Gasteiger partial charge < -0.3 is 23.7 Å². The number of carbonyl (C=O) groups excluding carboxylic acids is 3. The number of ether oxygens (including phenoxy) is 5. The Morgan fingerprint density at radius 2 is 1.23 bits per heavy atom. The van der Waals surface area contributed by atoms with E-state index in [1.165, 1.54) is 19.2 Å². The second-order valence-electron chi connectivity index (χ2n) is 8.69. The lowest BCUT2D eigenvalue weighted by molar-refractivity contribution is -0.151. The van der Waals surface area contributed by atoms with E-state index in [-0.39, 0.29) is 23.8 Å². The first kappa shape index (κ1) is 26.2. The lowest BCUT2D eigenvalue weighted by Crippen LogP contribution is -2.47. The van der Waals surface area contributed by atoms with Gasteiger partial charge in [-0.1, -0.05) is 48.5 Å². The van der Waals surface area contributed by atoms with Crippen LogP contribution in [0.5, 0.6) is 23.0 Å². The van der Waals surface area contributed by atoms with Gasteiger partial charge in [0.2, 0.25) is 5.90 Å². The molecule has 9 heteroatoms. The molecule has 5 rings (SSSR count). The van der Waals surface area contributed by atoms with Gasteiger partial charge >= 0.3 is 18.1 Å². The highest BCUT2D eigenvalue weighted by molar-refractivity contribution is 6.17. The zero-order chi connectivity index (χ0) is 28.0. The zero-order valence-electron chi connectivity index (χ0n) is 21.3. The first-order valence-electron chi connectivity index (χ1n) is 12.2. The summed E-state index contributed by atoms with van der Waals surface area (Å²) < 4.78 is 26.6. The molecule has 1 aliphatic heterocycles. The molecule has 0 fully saturated rings. The van der Waals surface area contributed by atoms with Crippen molar-refractivity contribution in [2.45, 2.75) is 12.0 Å². The van der Waals surface area contributed by atoms with E-state index < -0.39 is 23.6 Å².